The van der Waals surface area contributed by atoms with Crippen molar-refractivity contribution >= 4 is 16.7 Å². The molecule has 1 heterocycles. The fraction of sp³-hybridized carbons (Fsp3) is 0.0968. The van der Waals surface area contributed by atoms with E-state index < -0.39 is 0 Å². The van der Waals surface area contributed by atoms with Crippen LogP contribution in [0.2, 0.25) is 0 Å². The molecule has 0 saturated heterocycles. The summed E-state index contributed by atoms with van der Waals surface area (Å²) in [7, 11) is 0. The summed E-state index contributed by atoms with van der Waals surface area (Å²) in [5.74, 6) is 0.300. The Morgan fingerprint density at radius 1 is 0.571 bits per heavy atom. The van der Waals surface area contributed by atoms with E-state index in [0.717, 1.165) is 55.5 Å². The Bertz CT molecular complexity index is 1660. The molecule has 4 nitrogen and oxygen atoms in total. The Kier molecular flexibility index (Phi) is 5.36. The third-order valence-electron chi connectivity index (χ3n) is 6.52. The number of benzene rings is 4. The fourth-order valence-corrected chi connectivity index (χ4v) is 4.71. The van der Waals surface area contributed by atoms with Crippen molar-refractivity contribution in [2.45, 2.75) is 20.8 Å². The van der Waals surface area contributed by atoms with Crippen LogP contribution in [0.5, 0.6) is 0 Å². The first-order valence-electron chi connectivity index (χ1n) is 11.4. The molecule has 168 valence electrons. The van der Waals surface area contributed by atoms with Gasteiger partial charge >= 0.3 is 0 Å². The first-order valence-corrected chi connectivity index (χ1v) is 11.4. The summed E-state index contributed by atoms with van der Waals surface area (Å²) >= 11 is 0. The van der Waals surface area contributed by atoms with E-state index in [0.29, 0.717) is 22.5 Å². The number of aryl methyl sites for hydroxylation is 3. The molecule has 4 heteroatoms. The molecular weight excluding hydrogens is 428 g/mol. The Labute approximate surface area is 204 Å². The maximum Gasteiger partial charge on any atom is 0.120 e. The summed E-state index contributed by atoms with van der Waals surface area (Å²) in [5.41, 5.74) is 16.5. The van der Waals surface area contributed by atoms with Crippen LogP contribution >= 0.6 is 0 Å². The minimum Gasteiger partial charge on any atom is -0.384 e. The van der Waals surface area contributed by atoms with Gasteiger partial charge in [-0.2, -0.15) is 10.5 Å². The number of aromatic nitrogens is 1. The molecule has 0 unspecified atom stereocenters. The van der Waals surface area contributed by atoms with Crippen molar-refractivity contribution in [1.82, 2.24) is 4.98 Å². The highest BCUT2D eigenvalue weighted by Gasteiger charge is 2.27. The summed E-state index contributed by atoms with van der Waals surface area (Å²) in [5, 5.41) is 21.4. The molecular formula is C31H24N4. The molecule has 0 bridgehead atoms. The molecule has 3 N–H and O–H groups in total. The summed E-state index contributed by atoms with van der Waals surface area (Å²) in [6.07, 6.45) is 0. The van der Waals surface area contributed by atoms with Crippen molar-refractivity contribution < 1.29 is 0 Å². The van der Waals surface area contributed by atoms with Crippen molar-refractivity contribution in [3.8, 4) is 45.5 Å². The second-order valence-corrected chi connectivity index (χ2v) is 8.99. The van der Waals surface area contributed by atoms with Gasteiger partial charge in [0.1, 0.15) is 23.5 Å². The number of H-pyrrole nitrogens is 1. The zero-order valence-electron chi connectivity index (χ0n) is 19.9. The van der Waals surface area contributed by atoms with Crippen LogP contribution < -0.4 is 5.73 Å². The third kappa shape index (κ3) is 3.62. The number of nitrogens with one attached hydrogen (secondary N) is 1. The van der Waals surface area contributed by atoms with Gasteiger partial charge in [0.05, 0.1) is 11.1 Å². The van der Waals surface area contributed by atoms with Crippen molar-refractivity contribution in [2.24, 2.45) is 0 Å². The highest BCUT2D eigenvalue weighted by atomic mass is 14.9. The van der Waals surface area contributed by atoms with E-state index in [1.807, 2.05) is 93.6 Å². The molecule has 35 heavy (non-hydrogen) atoms. The predicted molar refractivity (Wildman–Crippen MR) is 143 cm³/mol. The van der Waals surface area contributed by atoms with Gasteiger partial charge in [0.2, 0.25) is 0 Å². The van der Waals surface area contributed by atoms with E-state index in [-0.39, 0.29) is 0 Å². The Morgan fingerprint density at radius 2 is 0.971 bits per heavy atom. The maximum absolute atomic E-state index is 10.6. The number of nitrogens with two attached hydrogens (primary N) is 1. The standard InChI is InChI=1S/C31H24N4/c1-18-4-10-21(11-5-18)26-24(16-32)27(22-12-6-19(2)7-13-22)30-29(25(17-33)31(34)35-30)28(26)23-14-8-20(3)9-15-23/h4-15,35H,34H2,1-3H3. The number of nitrogens with zero attached hydrogens (tertiary/aromatic N) is 2. The number of nitrogen functional groups attached to an aromatic ring is 1. The molecule has 0 aliphatic rings. The van der Waals surface area contributed by atoms with E-state index in [1.54, 1.807) is 0 Å². The number of anilines is 1. The summed E-state index contributed by atoms with van der Waals surface area (Å²) < 4.78 is 0. The molecule has 0 atom stereocenters. The van der Waals surface area contributed by atoms with Crippen molar-refractivity contribution in [3.05, 3.63) is 101 Å². The normalized spacial score (nSPS) is 10.8. The van der Waals surface area contributed by atoms with Crippen molar-refractivity contribution in [3.63, 3.8) is 0 Å². The molecule has 0 spiro atoms. The van der Waals surface area contributed by atoms with Crippen LogP contribution in [-0.2, 0) is 0 Å². The number of fused-ring (bicyclic) bond motifs is 1. The molecule has 0 aliphatic heterocycles. The molecule has 4 aromatic carbocycles. The number of nitriles is 2. The predicted octanol–water partition coefficient (Wildman–Crippen LogP) is 7.42. The van der Waals surface area contributed by atoms with Crippen LogP contribution in [-0.4, -0.2) is 4.98 Å². The van der Waals surface area contributed by atoms with E-state index in [9.17, 15) is 10.5 Å². The minimum absolute atomic E-state index is 0.300. The van der Waals surface area contributed by atoms with Crippen LogP contribution in [0, 0.1) is 43.4 Å². The highest BCUT2D eigenvalue weighted by molar-refractivity contribution is 6.16. The summed E-state index contributed by atoms with van der Waals surface area (Å²) in [6.45, 7) is 6.11. The lowest BCUT2D eigenvalue weighted by molar-refractivity contribution is 1.42. The summed E-state index contributed by atoms with van der Waals surface area (Å²) in [4.78, 5) is 3.25. The van der Waals surface area contributed by atoms with Crippen LogP contribution in [0.1, 0.15) is 27.8 Å². The topological polar surface area (TPSA) is 89.4 Å². The maximum atomic E-state index is 10.6. The Balaban J connectivity index is 2.06. The average Bonchev–Trinajstić information content (AvgIpc) is 3.19. The zero-order chi connectivity index (χ0) is 24.7. The van der Waals surface area contributed by atoms with Gasteiger partial charge in [0.15, 0.2) is 0 Å². The van der Waals surface area contributed by atoms with Crippen molar-refractivity contribution in [1.29, 1.82) is 10.5 Å². The van der Waals surface area contributed by atoms with Gasteiger partial charge in [-0.3, -0.25) is 0 Å². The zero-order valence-corrected chi connectivity index (χ0v) is 19.9. The largest absolute Gasteiger partial charge is 0.384 e. The molecule has 0 saturated carbocycles. The molecule has 0 radical (unpaired) electrons. The van der Waals surface area contributed by atoms with E-state index in [2.05, 4.69) is 17.1 Å². The van der Waals surface area contributed by atoms with Gasteiger partial charge < -0.3 is 10.7 Å². The van der Waals surface area contributed by atoms with Crippen LogP contribution in [0.25, 0.3) is 44.3 Å². The smallest absolute Gasteiger partial charge is 0.120 e. The monoisotopic (exact) mass is 452 g/mol. The molecule has 5 rings (SSSR count). The minimum atomic E-state index is 0.300. The fourth-order valence-electron chi connectivity index (χ4n) is 4.71. The lowest BCUT2D eigenvalue weighted by atomic mass is 9.82. The van der Waals surface area contributed by atoms with E-state index in [1.165, 1.54) is 0 Å². The van der Waals surface area contributed by atoms with Gasteiger partial charge in [-0.1, -0.05) is 89.5 Å². The molecule has 0 fully saturated rings. The number of aromatic amines is 1. The highest BCUT2D eigenvalue weighted by Crippen LogP contribution is 2.48. The lowest BCUT2D eigenvalue weighted by Gasteiger charge is -2.19. The van der Waals surface area contributed by atoms with Crippen molar-refractivity contribution in [2.75, 3.05) is 5.73 Å². The van der Waals surface area contributed by atoms with Crippen LogP contribution in [0.15, 0.2) is 72.8 Å². The van der Waals surface area contributed by atoms with Crippen LogP contribution in [0.4, 0.5) is 5.82 Å². The second kappa shape index (κ2) is 8.52. The average molecular weight is 453 g/mol. The first kappa shape index (κ1) is 22.0. The van der Waals surface area contributed by atoms with E-state index in [4.69, 9.17) is 5.73 Å². The van der Waals surface area contributed by atoms with Crippen LogP contribution in [0.3, 0.4) is 0 Å². The number of hydrogen-bond acceptors (Lipinski definition) is 3. The first-order chi connectivity index (χ1) is 16.9. The molecule has 0 amide bonds. The number of rotatable bonds is 3. The lowest BCUT2D eigenvalue weighted by Crippen LogP contribution is -1.97. The Hall–Kier alpha value is -4.80. The molecule has 1 aromatic heterocycles. The number of hydrogen-bond donors (Lipinski definition) is 2. The molecule has 5 aromatic rings. The van der Waals surface area contributed by atoms with E-state index >= 15 is 0 Å². The third-order valence-corrected chi connectivity index (χ3v) is 6.52. The SMILES string of the molecule is Cc1ccc(-c2c(C#N)c(-c3ccc(C)cc3)c3[nH]c(N)c(C#N)c3c2-c2ccc(C)cc2)cc1. The van der Waals surface area contributed by atoms with Gasteiger partial charge in [0.25, 0.3) is 0 Å². The molecule has 0 aliphatic carbocycles. The van der Waals surface area contributed by atoms with Gasteiger partial charge in [0, 0.05) is 22.1 Å². The Morgan fingerprint density at radius 3 is 1.40 bits per heavy atom. The van der Waals surface area contributed by atoms with Gasteiger partial charge in [-0.25, -0.2) is 0 Å². The quantitative estimate of drug-likeness (QED) is 0.298. The van der Waals surface area contributed by atoms with Gasteiger partial charge in [-0.05, 0) is 37.5 Å². The summed E-state index contributed by atoms with van der Waals surface area (Å²) in [6, 6.07) is 29.2. The second-order valence-electron chi connectivity index (χ2n) is 8.99. The van der Waals surface area contributed by atoms with Gasteiger partial charge in [-0.15, -0.1) is 0 Å².